The first-order valence-electron chi connectivity index (χ1n) is 9.00. The fourth-order valence-electron chi connectivity index (χ4n) is 3.04. The fraction of sp³-hybridized carbons (Fsp3) is 0.200. The number of nitrogens with one attached hydrogen (secondary N) is 1. The molecule has 0 atom stereocenters. The maximum absolute atomic E-state index is 12.3. The summed E-state index contributed by atoms with van der Waals surface area (Å²) >= 11 is 0. The molecule has 8 heteroatoms. The second kappa shape index (κ2) is 7.91. The number of carbonyl (C=O) groups excluding carboxylic acids is 1. The molecule has 0 bridgehead atoms. The number of aromatic nitrogens is 4. The predicted molar refractivity (Wildman–Crippen MR) is 104 cm³/mol. The van der Waals surface area contributed by atoms with Gasteiger partial charge in [0.1, 0.15) is 5.82 Å². The van der Waals surface area contributed by atoms with Crippen LogP contribution in [0.25, 0.3) is 11.1 Å². The molecule has 0 radical (unpaired) electrons. The van der Waals surface area contributed by atoms with E-state index < -0.39 is 5.76 Å². The van der Waals surface area contributed by atoms with Crippen LogP contribution in [0.2, 0.25) is 0 Å². The molecular weight excluding hydrogens is 358 g/mol. The van der Waals surface area contributed by atoms with Crippen molar-refractivity contribution < 1.29 is 9.21 Å². The molecule has 8 nitrogen and oxygen atoms in total. The van der Waals surface area contributed by atoms with Gasteiger partial charge in [0.25, 0.3) is 0 Å². The normalized spacial score (nSPS) is 11.0. The molecule has 1 amide bonds. The van der Waals surface area contributed by atoms with Gasteiger partial charge in [0.05, 0.1) is 24.0 Å². The average Bonchev–Trinajstić information content (AvgIpc) is 3.26. The summed E-state index contributed by atoms with van der Waals surface area (Å²) in [6.07, 6.45) is 4.15. The first kappa shape index (κ1) is 17.7. The van der Waals surface area contributed by atoms with E-state index in [2.05, 4.69) is 15.4 Å². The maximum Gasteiger partial charge on any atom is 0.419 e. The number of nitrogens with zero attached hydrogens (tertiary/aromatic N) is 4. The van der Waals surface area contributed by atoms with Gasteiger partial charge in [-0.2, -0.15) is 5.10 Å². The number of rotatable bonds is 7. The number of aryl methyl sites for hydroxylation is 1. The highest BCUT2D eigenvalue weighted by Gasteiger charge is 2.11. The van der Waals surface area contributed by atoms with Crippen molar-refractivity contribution in [3.05, 3.63) is 77.2 Å². The fourth-order valence-corrected chi connectivity index (χ4v) is 3.04. The summed E-state index contributed by atoms with van der Waals surface area (Å²) < 4.78 is 8.44. The minimum atomic E-state index is -0.407. The number of benzene rings is 1. The summed E-state index contributed by atoms with van der Waals surface area (Å²) in [6, 6.07) is 14.7. The van der Waals surface area contributed by atoms with Crippen molar-refractivity contribution in [1.29, 1.82) is 0 Å². The highest BCUT2D eigenvalue weighted by molar-refractivity contribution is 5.89. The molecule has 0 spiro atoms. The molecule has 0 aliphatic rings. The average molecular weight is 377 g/mol. The quantitative estimate of drug-likeness (QED) is 0.534. The third kappa shape index (κ3) is 3.85. The molecule has 3 aromatic heterocycles. The van der Waals surface area contributed by atoms with Crippen LogP contribution < -0.4 is 11.1 Å². The van der Waals surface area contributed by atoms with Crippen LogP contribution in [-0.2, 0) is 17.9 Å². The Kier molecular flexibility index (Phi) is 5.01. The second-order valence-corrected chi connectivity index (χ2v) is 6.33. The van der Waals surface area contributed by atoms with Crippen molar-refractivity contribution in [3.63, 3.8) is 0 Å². The topological polar surface area (TPSA) is 95.0 Å². The van der Waals surface area contributed by atoms with Gasteiger partial charge >= 0.3 is 5.76 Å². The van der Waals surface area contributed by atoms with Crippen LogP contribution in [0.4, 0.5) is 5.82 Å². The Morgan fingerprint density at radius 3 is 2.79 bits per heavy atom. The third-order valence-corrected chi connectivity index (χ3v) is 4.38. The Balaban J connectivity index is 1.35. The van der Waals surface area contributed by atoms with Gasteiger partial charge in [-0.25, -0.2) is 9.48 Å². The summed E-state index contributed by atoms with van der Waals surface area (Å²) in [4.78, 5) is 28.6. The summed E-state index contributed by atoms with van der Waals surface area (Å²) in [5.74, 6) is 0.0697. The molecule has 0 saturated carbocycles. The van der Waals surface area contributed by atoms with Crippen molar-refractivity contribution in [2.45, 2.75) is 25.9 Å². The molecule has 28 heavy (non-hydrogen) atoms. The van der Waals surface area contributed by atoms with Crippen LogP contribution >= 0.6 is 0 Å². The molecule has 1 N–H and O–H groups in total. The van der Waals surface area contributed by atoms with Crippen molar-refractivity contribution in [2.75, 3.05) is 5.32 Å². The zero-order valence-corrected chi connectivity index (χ0v) is 15.1. The lowest BCUT2D eigenvalue weighted by molar-refractivity contribution is -0.116. The maximum atomic E-state index is 12.3. The molecule has 0 saturated heterocycles. The van der Waals surface area contributed by atoms with E-state index in [9.17, 15) is 9.59 Å². The zero-order valence-electron chi connectivity index (χ0n) is 15.1. The van der Waals surface area contributed by atoms with E-state index in [1.165, 1.54) is 0 Å². The Labute approximate surface area is 160 Å². The van der Waals surface area contributed by atoms with Gasteiger partial charge < -0.3 is 9.73 Å². The standard InChI is InChI=1S/C20H19N5O3/c26-19(9-5-13-24-16-7-1-2-8-17(16)28-20(24)27)23-18-10-12-22-25(18)14-15-6-3-4-11-21-15/h1-4,6-8,10-12H,5,9,13-14H2,(H,23,26). The SMILES string of the molecule is O=C(CCCn1c(=O)oc2ccccc21)Nc1ccnn1Cc1ccccn1. The van der Waals surface area contributed by atoms with Crippen LogP contribution in [-0.4, -0.2) is 25.2 Å². The molecule has 0 aliphatic carbocycles. The van der Waals surface area contributed by atoms with Gasteiger partial charge in [-0.3, -0.25) is 14.3 Å². The van der Waals surface area contributed by atoms with Crippen molar-refractivity contribution >= 4 is 22.8 Å². The van der Waals surface area contributed by atoms with Gasteiger partial charge in [0, 0.05) is 25.2 Å². The van der Waals surface area contributed by atoms with Gasteiger partial charge in [-0.1, -0.05) is 18.2 Å². The first-order valence-corrected chi connectivity index (χ1v) is 9.00. The third-order valence-electron chi connectivity index (χ3n) is 4.38. The molecule has 3 heterocycles. The number of pyridine rings is 1. The molecule has 0 fully saturated rings. The smallest absolute Gasteiger partial charge is 0.408 e. The van der Waals surface area contributed by atoms with Gasteiger partial charge in [0.15, 0.2) is 5.58 Å². The summed E-state index contributed by atoms with van der Waals surface area (Å²) in [5.41, 5.74) is 2.14. The minimum absolute atomic E-state index is 0.136. The summed E-state index contributed by atoms with van der Waals surface area (Å²) in [6.45, 7) is 0.885. The Hall–Kier alpha value is -3.68. The number of amides is 1. The number of oxazole rings is 1. The zero-order chi connectivity index (χ0) is 19.3. The molecular formula is C20H19N5O3. The van der Waals surface area contributed by atoms with E-state index in [0.29, 0.717) is 30.9 Å². The van der Waals surface area contributed by atoms with E-state index in [4.69, 9.17) is 4.42 Å². The van der Waals surface area contributed by atoms with Crippen LogP contribution in [0.5, 0.6) is 0 Å². The number of anilines is 1. The lowest BCUT2D eigenvalue weighted by Crippen LogP contribution is -2.18. The lowest BCUT2D eigenvalue weighted by Gasteiger charge is -2.09. The number of carbonyl (C=O) groups is 1. The predicted octanol–water partition coefficient (Wildman–Crippen LogP) is 2.65. The van der Waals surface area contributed by atoms with Gasteiger partial charge in [-0.05, 0) is 30.7 Å². The Bertz CT molecular complexity index is 1140. The minimum Gasteiger partial charge on any atom is -0.408 e. The van der Waals surface area contributed by atoms with Crippen molar-refractivity contribution in [3.8, 4) is 0 Å². The van der Waals surface area contributed by atoms with Crippen LogP contribution in [0.15, 0.2) is 70.1 Å². The van der Waals surface area contributed by atoms with E-state index >= 15 is 0 Å². The van der Waals surface area contributed by atoms with Gasteiger partial charge in [-0.15, -0.1) is 0 Å². The lowest BCUT2D eigenvalue weighted by atomic mass is 10.2. The number of para-hydroxylation sites is 2. The number of fused-ring (bicyclic) bond motifs is 1. The molecule has 0 unspecified atom stereocenters. The summed E-state index contributed by atoms with van der Waals surface area (Å²) in [5, 5.41) is 7.10. The Morgan fingerprint density at radius 2 is 1.93 bits per heavy atom. The molecule has 142 valence electrons. The van der Waals surface area contributed by atoms with E-state index in [0.717, 1.165) is 11.2 Å². The highest BCUT2D eigenvalue weighted by Crippen LogP contribution is 2.13. The Morgan fingerprint density at radius 1 is 1.07 bits per heavy atom. The number of hydrogen-bond donors (Lipinski definition) is 1. The van der Waals surface area contributed by atoms with Crippen LogP contribution in [0, 0.1) is 0 Å². The second-order valence-electron chi connectivity index (χ2n) is 6.33. The summed E-state index contributed by atoms with van der Waals surface area (Å²) in [7, 11) is 0. The van der Waals surface area contributed by atoms with E-state index in [1.807, 2.05) is 36.4 Å². The monoisotopic (exact) mass is 377 g/mol. The largest absolute Gasteiger partial charge is 0.419 e. The van der Waals surface area contributed by atoms with Crippen LogP contribution in [0.1, 0.15) is 18.5 Å². The van der Waals surface area contributed by atoms with E-state index in [1.54, 1.807) is 33.8 Å². The molecule has 4 rings (SSSR count). The van der Waals surface area contributed by atoms with Crippen molar-refractivity contribution in [2.24, 2.45) is 0 Å². The molecule has 0 aliphatic heterocycles. The van der Waals surface area contributed by atoms with Crippen LogP contribution in [0.3, 0.4) is 0 Å². The molecule has 1 aromatic carbocycles. The first-order chi connectivity index (χ1) is 13.7. The van der Waals surface area contributed by atoms with E-state index in [-0.39, 0.29) is 12.3 Å². The molecule has 4 aromatic rings. The number of hydrogen-bond acceptors (Lipinski definition) is 5. The van der Waals surface area contributed by atoms with Gasteiger partial charge in [0.2, 0.25) is 5.91 Å². The highest BCUT2D eigenvalue weighted by atomic mass is 16.4. The van der Waals surface area contributed by atoms with Crippen molar-refractivity contribution in [1.82, 2.24) is 19.3 Å².